The van der Waals surface area contributed by atoms with Crippen molar-refractivity contribution in [2.45, 2.75) is 121 Å². The fourth-order valence-electron chi connectivity index (χ4n) is 6.06. The monoisotopic (exact) mass is 806 g/mol. The van der Waals surface area contributed by atoms with Gasteiger partial charge in [-0.05, 0) is 50.3 Å². The van der Waals surface area contributed by atoms with Gasteiger partial charge in [-0.1, -0.05) is 118 Å². The molecule has 0 spiro atoms. The minimum Gasteiger partial charge on any atom is -0.452 e. The number of carbonyl (C=O) groups excluding carboxylic acids is 5. The Morgan fingerprint density at radius 3 is 1.55 bits per heavy atom. The Hall–Kier alpha value is -5.35. The average Bonchev–Trinajstić information content (AvgIpc) is 3.20. The average molecular weight is 807 g/mol. The molecular formula is C43H58N4O11. The lowest BCUT2D eigenvalue weighted by molar-refractivity contribution is -0.149. The van der Waals surface area contributed by atoms with Crippen LogP contribution in [-0.2, 0) is 28.7 Å². The highest BCUT2D eigenvalue weighted by Gasteiger charge is 2.38. The van der Waals surface area contributed by atoms with Crippen molar-refractivity contribution in [3.63, 3.8) is 0 Å². The van der Waals surface area contributed by atoms with E-state index in [1.54, 1.807) is 58.0 Å². The van der Waals surface area contributed by atoms with E-state index in [1.165, 1.54) is 0 Å². The van der Waals surface area contributed by atoms with Crippen LogP contribution in [-0.4, -0.2) is 98.9 Å². The highest BCUT2D eigenvalue weighted by molar-refractivity contribution is 5.91. The van der Waals surface area contributed by atoms with Gasteiger partial charge in [-0.25, -0.2) is 4.79 Å². The van der Waals surface area contributed by atoms with E-state index in [9.17, 15) is 44.4 Å². The van der Waals surface area contributed by atoms with Crippen molar-refractivity contribution < 1.29 is 53.9 Å². The van der Waals surface area contributed by atoms with Gasteiger partial charge in [-0.2, -0.15) is 0 Å². The van der Waals surface area contributed by atoms with Crippen LogP contribution in [0.1, 0.15) is 95.6 Å². The smallest absolute Gasteiger partial charge is 0.408 e. The SMILES string of the molecule is CCC[C@H](NC(=O)OC(C)(C)C)C(=O)N[C@@H](CCC)C(=O)N[C@@H](CO)[C@@H](O)[C@@H](O)[C@H](O)C(=O)N[C@@H](CC(=O)OC(c1ccccc1)c1ccccc1)c1ccccc1. The molecule has 3 aromatic rings. The van der Waals surface area contributed by atoms with Gasteiger partial charge in [0, 0.05) is 0 Å². The standard InChI is InChI=1S/C43H58N4O11/c1-6-17-30(44-40(54)31(18-7-2)47-42(56)58-43(3,4)5)39(53)46-33(26-48)35(50)36(51)37(52)41(55)45-32(27-19-11-8-12-20-27)25-34(49)57-38(28-21-13-9-14-22-28)29-23-15-10-16-24-29/h8-16,19-24,30-33,35-38,48,50-52H,6-7,17-18,25-26H2,1-5H3,(H,44,54)(H,45,55)(H,46,53)(H,47,56)/t30-,31-,32-,33-,35+,36+,37-/m0/s1. The molecule has 3 rings (SSSR count). The van der Waals surface area contributed by atoms with Gasteiger partial charge in [0.2, 0.25) is 11.8 Å². The minimum atomic E-state index is -2.29. The van der Waals surface area contributed by atoms with Crippen LogP contribution >= 0.6 is 0 Å². The summed E-state index contributed by atoms with van der Waals surface area (Å²) in [7, 11) is 0. The zero-order valence-corrected chi connectivity index (χ0v) is 33.7. The van der Waals surface area contributed by atoms with Gasteiger partial charge in [0.15, 0.2) is 12.2 Å². The molecule has 0 aromatic heterocycles. The first-order chi connectivity index (χ1) is 27.6. The number of esters is 1. The van der Waals surface area contributed by atoms with Crippen molar-refractivity contribution in [2.24, 2.45) is 0 Å². The quantitative estimate of drug-likeness (QED) is 0.0729. The summed E-state index contributed by atoms with van der Waals surface area (Å²) in [6, 6.07) is 21.8. The Balaban J connectivity index is 1.70. The number of amides is 4. The second-order valence-electron chi connectivity index (χ2n) is 14.9. The predicted molar refractivity (Wildman–Crippen MR) is 215 cm³/mol. The number of alkyl carbamates (subject to hydrolysis) is 1. The van der Waals surface area contributed by atoms with Gasteiger partial charge in [0.25, 0.3) is 5.91 Å². The molecule has 7 atom stereocenters. The van der Waals surface area contributed by atoms with Crippen LogP contribution in [0.15, 0.2) is 91.0 Å². The van der Waals surface area contributed by atoms with E-state index in [0.29, 0.717) is 18.4 Å². The van der Waals surface area contributed by atoms with E-state index in [2.05, 4.69) is 21.3 Å². The van der Waals surface area contributed by atoms with E-state index in [-0.39, 0.29) is 19.3 Å². The number of rotatable bonds is 21. The number of hydrogen-bond donors (Lipinski definition) is 8. The van der Waals surface area contributed by atoms with Gasteiger partial charge in [-0.15, -0.1) is 0 Å². The highest BCUT2D eigenvalue weighted by Crippen LogP contribution is 2.28. The molecule has 3 aromatic carbocycles. The molecule has 316 valence electrons. The summed E-state index contributed by atoms with van der Waals surface area (Å²) in [6.07, 6.45) is -7.22. The number of benzene rings is 3. The summed E-state index contributed by atoms with van der Waals surface area (Å²) in [4.78, 5) is 65.9. The molecule has 0 bridgehead atoms. The van der Waals surface area contributed by atoms with Gasteiger partial charge >= 0.3 is 12.1 Å². The second-order valence-corrected chi connectivity index (χ2v) is 14.9. The topological polar surface area (TPSA) is 233 Å². The van der Waals surface area contributed by atoms with Crippen molar-refractivity contribution in [1.29, 1.82) is 0 Å². The summed E-state index contributed by atoms with van der Waals surface area (Å²) < 4.78 is 11.2. The number of aliphatic hydroxyl groups excluding tert-OH is 4. The molecular weight excluding hydrogens is 748 g/mol. The zero-order chi connectivity index (χ0) is 42.8. The molecule has 0 unspecified atom stereocenters. The van der Waals surface area contributed by atoms with E-state index in [1.807, 2.05) is 67.6 Å². The number of carbonyl (C=O) groups is 5. The molecule has 0 saturated carbocycles. The number of hydrogen-bond acceptors (Lipinski definition) is 11. The van der Waals surface area contributed by atoms with Crippen LogP contribution in [0, 0.1) is 0 Å². The molecule has 0 aliphatic heterocycles. The normalized spacial score (nSPS) is 15.1. The number of nitrogens with one attached hydrogen (secondary N) is 4. The van der Waals surface area contributed by atoms with Gasteiger partial charge in [0.05, 0.1) is 25.1 Å². The first kappa shape index (κ1) is 47.0. The van der Waals surface area contributed by atoms with E-state index >= 15 is 0 Å². The summed E-state index contributed by atoms with van der Waals surface area (Å²) in [6.45, 7) is 7.67. The van der Waals surface area contributed by atoms with Crippen LogP contribution in [0.3, 0.4) is 0 Å². The fraction of sp³-hybridized carbons (Fsp3) is 0.465. The van der Waals surface area contributed by atoms with E-state index in [4.69, 9.17) is 9.47 Å². The van der Waals surface area contributed by atoms with E-state index in [0.717, 1.165) is 11.1 Å². The maximum absolute atomic E-state index is 13.5. The fourth-order valence-corrected chi connectivity index (χ4v) is 6.06. The van der Waals surface area contributed by atoms with Crippen LogP contribution in [0.2, 0.25) is 0 Å². The van der Waals surface area contributed by atoms with E-state index < -0.39 is 90.6 Å². The molecule has 0 saturated heterocycles. The molecule has 0 heterocycles. The Morgan fingerprint density at radius 2 is 1.09 bits per heavy atom. The van der Waals surface area contributed by atoms with Crippen molar-refractivity contribution in [3.8, 4) is 0 Å². The Bertz CT molecular complexity index is 1700. The molecule has 8 N–H and O–H groups in total. The summed E-state index contributed by atoms with van der Waals surface area (Å²) in [5, 5.41) is 53.1. The zero-order valence-electron chi connectivity index (χ0n) is 33.7. The molecule has 0 fully saturated rings. The third-order valence-corrected chi connectivity index (χ3v) is 9.02. The maximum Gasteiger partial charge on any atom is 0.408 e. The first-order valence-corrected chi connectivity index (χ1v) is 19.5. The molecule has 0 aliphatic carbocycles. The van der Waals surface area contributed by atoms with Crippen molar-refractivity contribution in [2.75, 3.05) is 6.61 Å². The second kappa shape index (κ2) is 23.2. The maximum atomic E-state index is 13.5. The predicted octanol–water partition coefficient (Wildman–Crippen LogP) is 3.10. The Kier molecular flexibility index (Phi) is 18.8. The Morgan fingerprint density at radius 1 is 0.621 bits per heavy atom. The van der Waals surface area contributed by atoms with Crippen LogP contribution in [0.4, 0.5) is 4.79 Å². The van der Waals surface area contributed by atoms with Crippen molar-refractivity contribution in [3.05, 3.63) is 108 Å². The van der Waals surface area contributed by atoms with Gasteiger partial charge in [-0.3, -0.25) is 19.2 Å². The summed E-state index contributed by atoms with van der Waals surface area (Å²) in [5.74, 6) is -3.34. The first-order valence-electron chi connectivity index (χ1n) is 19.5. The third-order valence-electron chi connectivity index (χ3n) is 9.02. The molecule has 15 nitrogen and oxygen atoms in total. The lowest BCUT2D eigenvalue weighted by Crippen LogP contribution is -2.60. The van der Waals surface area contributed by atoms with Crippen molar-refractivity contribution in [1.82, 2.24) is 21.3 Å². The summed E-state index contributed by atoms with van der Waals surface area (Å²) >= 11 is 0. The molecule has 15 heteroatoms. The lowest BCUT2D eigenvalue weighted by Gasteiger charge is -2.31. The van der Waals surface area contributed by atoms with Crippen LogP contribution in [0.5, 0.6) is 0 Å². The van der Waals surface area contributed by atoms with Crippen LogP contribution < -0.4 is 21.3 Å². The molecule has 4 amide bonds. The van der Waals surface area contributed by atoms with Crippen LogP contribution in [0.25, 0.3) is 0 Å². The third kappa shape index (κ3) is 14.9. The molecule has 58 heavy (non-hydrogen) atoms. The lowest BCUT2D eigenvalue weighted by atomic mass is 9.98. The molecule has 0 aliphatic rings. The molecule has 0 radical (unpaired) electrons. The highest BCUT2D eigenvalue weighted by atomic mass is 16.6. The number of ether oxygens (including phenoxy) is 2. The minimum absolute atomic E-state index is 0.130. The Labute approximate surface area is 339 Å². The summed E-state index contributed by atoms with van der Waals surface area (Å²) in [5.41, 5.74) is 1.12. The number of aliphatic hydroxyl groups is 4. The van der Waals surface area contributed by atoms with Gasteiger partial charge in [0.1, 0.15) is 29.9 Å². The van der Waals surface area contributed by atoms with Gasteiger partial charge < -0.3 is 51.2 Å². The largest absolute Gasteiger partial charge is 0.452 e. The van der Waals surface area contributed by atoms with Crippen molar-refractivity contribution >= 4 is 29.8 Å².